The van der Waals surface area contributed by atoms with Crippen LogP contribution in [0, 0.1) is 0 Å². The van der Waals surface area contributed by atoms with E-state index in [2.05, 4.69) is 15.4 Å². The second-order valence-corrected chi connectivity index (χ2v) is 10.2. The fraction of sp³-hybridized carbons (Fsp3) is 0.250. The molecule has 0 unspecified atom stereocenters. The molecule has 0 spiro atoms. The van der Waals surface area contributed by atoms with Gasteiger partial charge in [-0.1, -0.05) is 11.3 Å². The number of hydrogen-bond donors (Lipinski definition) is 1. The number of anilines is 1. The van der Waals surface area contributed by atoms with Gasteiger partial charge in [0.1, 0.15) is 5.76 Å². The Morgan fingerprint density at radius 3 is 2.81 bits per heavy atom. The van der Waals surface area contributed by atoms with Crippen LogP contribution in [0.3, 0.4) is 0 Å². The van der Waals surface area contributed by atoms with Crippen LogP contribution in [0.4, 0.5) is 5.13 Å². The highest BCUT2D eigenvalue weighted by atomic mass is 32.2. The minimum Gasteiger partial charge on any atom is -0.454 e. The molecule has 9 nitrogen and oxygen atoms in total. The first-order valence-corrected chi connectivity index (χ1v) is 12.0. The predicted molar refractivity (Wildman–Crippen MR) is 116 cm³/mol. The van der Waals surface area contributed by atoms with Gasteiger partial charge in [0.2, 0.25) is 10.0 Å². The minimum absolute atomic E-state index is 0.165. The van der Waals surface area contributed by atoms with Crippen molar-refractivity contribution in [3.63, 3.8) is 0 Å². The lowest BCUT2D eigenvalue weighted by Gasteiger charge is -2.15. The second kappa shape index (κ2) is 7.91. The summed E-state index contributed by atoms with van der Waals surface area (Å²) in [5.41, 5.74) is 0.625. The molecule has 1 fully saturated rings. The van der Waals surface area contributed by atoms with Crippen LogP contribution >= 0.6 is 11.3 Å². The molecule has 4 aromatic rings. The number of sulfonamides is 1. The van der Waals surface area contributed by atoms with Crippen molar-refractivity contribution < 1.29 is 17.6 Å². The molecule has 1 N–H and O–H groups in total. The van der Waals surface area contributed by atoms with E-state index in [1.54, 1.807) is 41.2 Å². The van der Waals surface area contributed by atoms with Gasteiger partial charge in [0.25, 0.3) is 5.91 Å². The number of amides is 1. The summed E-state index contributed by atoms with van der Waals surface area (Å²) in [5, 5.41) is 7.21. The van der Waals surface area contributed by atoms with Crippen LogP contribution in [0.15, 0.2) is 58.1 Å². The Morgan fingerprint density at radius 1 is 1.19 bits per heavy atom. The van der Waals surface area contributed by atoms with Gasteiger partial charge in [-0.2, -0.15) is 9.40 Å². The van der Waals surface area contributed by atoms with E-state index in [0.29, 0.717) is 40.7 Å². The van der Waals surface area contributed by atoms with E-state index < -0.39 is 15.9 Å². The Hall–Kier alpha value is -3.02. The molecular weight excluding hydrogens is 438 g/mol. The first-order valence-electron chi connectivity index (χ1n) is 9.77. The highest BCUT2D eigenvalue weighted by Gasteiger charge is 2.27. The largest absolute Gasteiger partial charge is 0.454 e. The molecule has 0 atom stereocenters. The molecule has 31 heavy (non-hydrogen) atoms. The summed E-state index contributed by atoms with van der Waals surface area (Å²) in [7, 11) is -3.50. The second-order valence-electron chi connectivity index (χ2n) is 7.18. The molecule has 0 aliphatic carbocycles. The standard InChI is InChI=1S/C20H19N5O4S2/c26-19(17-7-4-14(29-17)13-24-9-3-8-21-24)23-20-22-16-6-5-15(12-18(16)30-20)31(27,28)25-10-1-2-11-25/h3-9,12H,1-2,10-11,13H2,(H,22,23,26). The lowest BCUT2D eigenvalue weighted by atomic mass is 10.3. The molecular formula is C20H19N5O4S2. The number of aromatic nitrogens is 3. The summed E-state index contributed by atoms with van der Waals surface area (Å²) in [6, 6.07) is 9.98. The Kier molecular flexibility index (Phi) is 5.08. The van der Waals surface area contributed by atoms with Crippen molar-refractivity contribution in [2.45, 2.75) is 24.3 Å². The predicted octanol–water partition coefficient (Wildman–Crippen LogP) is 3.17. The summed E-state index contributed by atoms with van der Waals surface area (Å²) in [6.45, 7) is 1.53. The maximum Gasteiger partial charge on any atom is 0.293 e. The lowest BCUT2D eigenvalue weighted by Crippen LogP contribution is -2.27. The average Bonchev–Trinajstić information content (AvgIpc) is 3.53. The molecule has 11 heteroatoms. The van der Waals surface area contributed by atoms with E-state index in [4.69, 9.17) is 4.42 Å². The van der Waals surface area contributed by atoms with Crippen LogP contribution < -0.4 is 5.32 Å². The summed E-state index contributed by atoms with van der Waals surface area (Å²) in [4.78, 5) is 17.2. The first-order chi connectivity index (χ1) is 15.0. The Labute approximate surface area is 182 Å². The molecule has 1 aliphatic rings. The van der Waals surface area contributed by atoms with Crippen molar-refractivity contribution >= 4 is 42.6 Å². The molecule has 0 radical (unpaired) electrons. The topological polar surface area (TPSA) is 110 Å². The first kappa shape index (κ1) is 19.9. The lowest BCUT2D eigenvalue weighted by molar-refractivity contribution is 0.0994. The van der Waals surface area contributed by atoms with E-state index in [1.165, 1.54) is 15.6 Å². The number of carbonyl (C=O) groups is 1. The number of hydrogen-bond acceptors (Lipinski definition) is 7. The van der Waals surface area contributed by atoms with E-state index >= 15 is 0 Å². The minimum atomic E-state index is -3.50. The summed E-state index contributed by atoms with van der Waals surface area (Å²) in [6.07, 6.45) is 5.25. The SMILES string of the molecule is O=C(Nc1nc2ccc(S(=O)(=O)N3CCCC3)cc2s1)c1ccc(Cn2cccn2)o1. The van der Waals surface area contributed by atoms with Crippen molar-refractivity contribution in [3.8, 4) is 0 Å². The van der Waals surface area contributed by atoms with E-state index in [0.717, 1.165) is 12.8 Å². The Balaban J connectivity index is 1.32. The fourth-order valence-electron chi connectivity index (χ4n) is 3.49. The molecule has 1 aliphatic heterocycles. The van der Waals surface area contributed by atoms with Gasteiger partial charge in [0, 0.05) is 25.5 Å². The molecule has 160 valence electrons. The molecule has 1 aromatic carbocycles. The van der Waals surface area contributed by atoms with E-state index in [-0.39, 0.29) is 10.7 Å². The van der Waals surface area contributed by atoms with Crippen LogP contribution in [0.5, 0.6) is 0 Å². The fourth-order valence-corrected chi connectivity index (χ4v) is 6.01. The number of nitrogens with one attached hydrogen (secondary N) is 1. The number of rotatable bonds is 6. The number of furan rings is 1. The van der Waals surface area contributed by atoms with Gasteiger partial charge in [-0.25, -0.2) is 13.4 Å². The third-order valence-corrected chi connectivity index (χ3v) is 7.87. The van der Waals surface area contributed by atoms with Crippen molar-refractivity contribution in [3.05, 3.63) is 60.3 Å². The normalized spacial score (nSPS) is 15.0. The van der Waals surface area contributed by atoms with Crippen LogP contribution in [0.25, 0.3) is 10.2 Å². The quantitative estimate of drug-likeness (QED) is 0.476. The zero-order chi connectivity index (χ0) is 21.4. The molecule has 0 bridgehead atoms. The zero-order valence-corrected chi connectivity index (χ0v) is 18.0. The third kappa shape index (κ3) is 3.99. The monoisotopic (exact) mass is 457 g/mol. The Bertz CT molecular complexity index is 1340. The number of benzene rings is 1. The summed E-state index contributed by atoms with van der Waals surface area (Å²) in [5.74, 6) is 0.351. The smallest absolute Gasteiger partial charge is 0.293 e. The van der Waals surface area contributed by atoms with Gasteiger partial charge in [0.15, 0.2) is 10.9 Å². The van der Waals surface area contributed by atoms with Crippen molar-refractivity contribution in [2.75, 3.05) is 18.4 Å². The van der Waals surface area contributed by atoms with Crippen LogP contribution in [-0.4, -0.2) is 46.5 Å². The maximum atomic E-state index is 12.8. The molecule has 0 saturated carbocycles. The Morgan fingerprint density at radius 2 is 2.03 bits per heavy atom. The van der Waals surface area contributed by atoms with Gasteiger partial charge in [-0.15, -0.1) is 0 Å². The molecule has 3 aromatic heterocycles. The van der Waals surface area contributed by atoms with Gasteiger partial charge >= 0.3 is 0 Å². The number of carbonyl (C=O) groups excluding carboxylic acids is 1. The molecule has 1 amide bonds. The van der Waals surface area contributed by atoms with Crippen LogP contribution in [0.2, 0.25) is 0 Å². The number of nitrogens with zero attached hydrogens (tertiary/aromatic N) is 4. The van der Waals surface area contributed by atoms with Crippen LogP contribution in [-0.2, 0) is 16.6 Å². The van der Waals surface area contributed by atoms with Crippen molar-refractivity contribution in [1.82, 2.24) is 19.1 Å². The van der Waals surface area contributed by atoms with Gasteiger partial charge in [-0.05, 0) is 49.2 Å². The van der Waals surface area contributed by atoms with Gasteiger partial charge in [-0.3, -0.25) is 14.8 Å². The number of thiazole rings is 1. The van der Waals surface area contributed by atoms with Gasteiger partial charge in [0.05, 0.1) is 21.7 Å². The highest BCUT2D eigenvalue weighted by molar-refractivity contribution is 7.89. The van der Waals surface area contributed by atoms with E-state index in [1.807, 2.05) is 12.3 Å². The van der Waals surface area contributed by atoms with E-state index in [9.17, 15) is 13.2 Å². The maximum absolute atomic E-state index is 12.8. The number of fused-ring (bicyclic) bond motifs is 1. The van der Waals surface area contributed by atoms with Gasteiger partial charge < -0.3 is 4.42 Å². The summed E-state index contributed by atoms with van der Waals surface area (Å²) >= 11 is 1.22. The zero-order valence-electron chi connectivity index (χ0n) is 16.4. The van der Waals surface area contributed by atoms with Crippen LogP contribution in [0.1, 0.15) is 29.2 Å². The average molecular weight is 458 g/mol. The highest BCUT2D eigenvalue weighted by Crippen LogP contribution is 2.30. The molecule has 4 heterocycles. The van der Waals surface area contributed by atoms with Crippen molar-refractivity contribution in [2.24, 2.45) is 0 Å². The molecule has 1 saturated heterocycles. The third-order valence-electron chi connectivity index (χ3n) is 5.05. The molecule has 5 rings (SSSR count). The summed E-state index contributed by atoms with van der Waals surface area (Å²) < 4.78 is 35.1. The van der Waals surface area contributed by atoms with Crippen molar-refractivity contribution in [1.29, 1.82) is 0 Å².